The van der Waals surface area contributed by atoms with Crippen LogP contribution in [0.15, 0.2) is 42.5 Å². The lowest BCUT2D eigenvalue weighted by Crippen LogP contribution is -2.12. The number of carbonyl (C=O) groups is 2. The summed E-state index contributed by atoms with van der Waals surface area (Å²) in [6, 6.07) is 10.0. The number of Topliss-reactive ketones (excluding diaryl/α,β-unsaturated/α-hetero) is 1. The van der Waals surface area contributed by atoms with Crippen molar-refractivity contribution in [3.63, 3.8) is 0 Å². The lowest BCUT2D eigenvalue weighted by atomic mass is 10.1. The smallest absolute Gasteiger partial charge is 0.331 e. The van der Waals surface area contributed by atoms with E-state index >= 15 is 0 Å². The van der Waals surface area contributed by atoms with E-state index in [1.807, 2.05) is 6.07 Å². The Hall–Kier alpha value is -2.99. The Morgan fingerprint density at radius 2 is 1.89 bits per heavy atom. The summed E-state index contributed by atoms with van der Waals surface area (Å²) in [5.41, 5.74) is 1.10. The number of rotatable bonds is 6. The van der Waals surface area contributed by atoms with Crippen LogP contribution in [-0.4, -0.2) is 38.7 Å². The highest BCUT2D eigenvalue weighted by Gasteiger charge is 2.12. The second-order valence-corrected chi connectivity index (χ2v) is 6.38. The highest BCUT2D eigenvalue weighted by atomic mass is 35.5. The van der Waals surface area contributed by atoms with Crippen molar-refractivity contribution in [3.8, 4) is 17.2 Å². The lowest BCUT2D eigenvalue weighted by Gasteiger charge is -2.07. The van der Waals surface area contributed by atoms with Crippen LogP contribution in [0.3, 0.4) is 0 Å². The molecule has 0 radical (unpaired) electrons. The molecule has 2 aromatic carbocycles. The minimum atomic E-state index is -0.625. The van der Waals surface area contributed by atoms with Gasteiger partial charge in [-0.05, 0) is 42.0 Å². The first-order valence-electron chi connectivity index (χ1n) is 8.68. The first kappa shape index (κ1) is 19.8. The molecule has 0 amide bonds. The maximum atomic E-state index is 12.1. The molecule has 0 N–H and O–H groups in total. The van der Waals surface area contributed by atoms with Crippen LogP contribution in [-0.2, 0) is 9.53 Å². The maximum Gasteiger partial charge on any atom is 0.331 e. The summed E-state index contributed by atoms with van der Waals surface area (Å²) in [5.74, 6) is 0.802. The number of carbonyl (C=O) groups excluding carboxylic acids is 2. The van der Waals surface area contributed by atoms with Gasteiger partial charge in [-0.25, -0.2) is 4.79 Å². The minimum Gasteiger partial charge on any atom is -0.495 e. The number of esters is 1. The standard InChI is InChI=1S/C21H19ClO6/c1-25-18-7-5-15(12-16(18)22)17(23)13-28-21(24)8-4-14-3-6-19-20(11-14)27-10-2-9-26-19/h3-8,11-12H,2,9-10,13H2,1H3/b8-4+. The van der Waals surface area contributed by atoms with Crippen molar-refractivity contribution in [2.24, 2.45) is 0 Å². The summed E-state index contributed by atoms with van der Waals surface area (Å²) < 4.78 is 21.2. The first-order chi connectivity index (χ1) is 13.6. The Morgan fingerprint density at radius 1 is 1.11 bits per heavy atom. The van der Waals surface area contributed by atoms with Gasteiger partial charge in [0.05, 0.1) is 25.3 Å². The van der Waals surface area contributed by atoms with Crippen molar-refractivity contribution in [1.29, 1.82) is 0 Å². The quantitative estimate of drug-likeness (QED) is 0.414. The number of halogens is 1. The Bertz CT molecular complexity index is 906. The summed E-state index contributed by atoms with van der Waals surface area (Å²) in [6.07, 6.45) is 3.67. The van der Waals surface area contributed by atoms with Crippen LogP contribution in [0.25, 0.3) is 6.08 Å². The monoisotopic (exact) mass is 402 g/mol. The van der Waals surface area contributed by atoms with Gasteiger partial charge in [0.25, 0.3) is 0 Å². The number of hydrogen-bond donors (Lipinski definition) is 0. The van der Waals surface area contributed by atoms with Crippen molar-refractivity contribution in [2.75, 3.05) is 26.9 Å². The third-order valence-electron chi connectivity index (χ3n) is 4.00. The summed E-state index contributed by atoms with van der Waals surface area (Å²) >= 11 is 6.00. The highest BCUT2D eigenvalue weighted by molar-refractivity contribution is 6.32. The van der Waals surface area contributed by atoms with Gasteiger partial charge >= 0.3 is 5.97 Å². The fourth-order valence-corrected chi connectivity index (χ4v) is 2.81. The predicted octanol–water partition coefficient (Wildman–Crippen LogP) is 3.95. The second-order valence-electron chi connectivity index (χ2n) is 5.97. The first-order valence-corrected chi connectivity index (χ1v) is 9.06. The van der Waals surface area contributed by atoms with Gasteiger partial charge < -0.3 is 18.9 Å². The number of benzene rings is 2. The Balaban J connectivity index is 1.56. The van der Waals surface area contributed by atoms with Crippen LogP contribution >= 0.6 is 11.6 Å². The van der Waals surface area contributed by atoms with E-state index in [1.165, 1.54) is 19.3 Å². The zero-order valence-corrected chi connectivity index (χ0v) is 16.0. The Labute approximate surface area is 167 Å². The van der Waals surface area contributed by atoms with E-state index in [0.29, 0.717) is 41.0 Å². The molecule has 146 valence electrons. The minimum absolute atomic E-state index is 0.314. The molecular weight excluding hydrogens is 384 g/mol. The molecule has 6 nitrogen and oxygen atoms in total. The van der Waals surface area contributed by atoms with E-state index in [2.05, 4.69) is 0 Å². The van der Waals surface area contributed by atoms with Crippen LogP contribution in [0.2, 0.25) is 5.02 Å². The summed E-state index contributed by atoms with van der Waals surface area (Å²) in [6.45, 7) is 0.814. The molecule has 3 rings (SSSR count). The van der Waals surface area contributed by atoms with E-state index in [1.54, 1.807) is 30.3 Å². The molecule has 1 heterocycles. The second kappa shape index (κ2) is 9.28. The molecule has 1 aliphatic rings. The van der Waals surface area contributed by atoms with Gasteiger partial charge in [0.15, 0.2) is 23.9 Å². The molecule has 0 aliphatic carbocycles. The van der Waals surface area contributed by atoms with Gasteiger partial charge in [0.2, 0.25) is 0 Å². The van der Waals surface area contributed by atoms with E-state index in [-0.39, 0.29) is 12.4 Å². The summed E-state index contributed by atoms with van der Waals surface area (Å²) in [7, 11) is 1.49. The fraction of sp³-hybridized carbons (Fsp3) is 0.238. The average molecular weight is 403 g/mol. The molecule has 0 bridgehead atoms. The van der Waals surface area contributed by atoms with Crippen LogP contribution in [0.4, 0.5) is 0 Å². The lowest BCUT2D eigenvalue weighted by molar-refractivity contribution is -0.136. The molecule has 7 heteroatoms. The van der Waals surface area contributed by atoms with Gasteiger partial charge in [0.1, 0.15) is 5.75 Å². The van der Waals surface area contributed by atoms with E-state index < -0.39 is 5.97 Å². The number of fused-ring (bicyclic) bond motifs is 1. The maximum absolute atomic E-state index is 12.1. The van der Waals surface area contributed by atoms with Gasteiger partial charge in [-0.3, -0.25) is 4.79 Å². The number of ketones is 1. The number of ether oxygens (including phenoxy) is 4. The highest BCUT2D eigenvalue weighted by Crippen LogP contribution is 2.30. The molecule has 1 aliphatic heterocycles. The van der Waals surface area contributed by atoms with Crippen molar-refractivity contribution in [3.05, 3.63) is 58.6 Å². The van der Waals surface area contributed by atoms with Gasteiger partial charge in [-0.2, -0.15) is 0 Å². The van der Waals surface area contributed by atoms with E-state index in [4.69, 9.17) is 30.5 Å². The van der Waals surface area contributed by atoms with Crippen LogP contribution in [0, 0.1) is 0 Å². The van der Waals surface area contributed by atoms with E-state index in [0.717, 1.165) is 12.0 Å². The predicted molar refractivity (Wildman–Crippen MR) is 104 cm³/mol. The van der Waals surface area contributed by atoms with E-state index in [9.17, 15) is 9.59 Å². The molecule has 28 heavy (non-hydrogen) atoms. The van der Waals surface area contributed by atoms with Gasteiger partial charge in [0, 0.05) is 18.1 Å². The van der Waals surface area contributed by atoms with Gasteiger partial charge in [-0.1, -0.05) is 17.7 Å². The fourth-order valence-electron chi connectivity index (χ4n) is 2.56. The number of methoxy groups -OCH3 is 1. The average Bonchev–Trinajstić information content (AvgIpc) is 2.95. The van der Waals surface area contributed by atoms with Crippen molar-refractivity contribution < 1.29 is 28.5 Å². The summed E-state index contributed by atoms with van der Waals surface area (Å²) in [4.78, 5) is 24.0. The third kappa shape index (κ3) is 5.04. The normalized spacial score (nSPS) is 13.1. The third-order valence-corrected chi connectivity index (χ3v) is 4.30. The van der Waals surface area contributed by atoms with Crippen LogP contribution in [0.5, 0.6) is 17.2 Å². The zero-order chi connectivity index (χ0) is 19.9. The molecule has 0 atom stereocenters. The number of hydrogen-bond acceptors (Lipinski definition) is 6. The molecule has 0 saturated heterocycles. The zero-order valence-electron chi connectivity index (χ0n) is 15.3. The molecule has 2 aromatic rings. The molecule has 0 fully saturated rings. The SMILES string of the molecule is COc1ccc(C(=O)COC(=O)/C=C/c2ccc3c(c2)OCCCO3)cc1Cl. The molecule has 0 spiro atoms. The van der Waals surface area contributed by atoms with Crippen molar-refractivity contribution >= 4 is 29.4 Å². The van der Waals surface area contributed by atoms with Crippen LogP contribution < -0.4 is 14.2 Å². The topological polar surface area (TPSA) is 71.1 Å². The largest absolute Gasteiger partial charge is 0.495 e. The molecule has 0 aromatic heterocycles. The molecule has 0 saturated carbocycles. The summed E-state index contributed by atoms with van der Waals surface area (Å²) in [5, 5.41) is 0.314. The van der Waals surface area contributed by atoms with Crippen LogP contribution in [0.1, 0.15) is 22.3 Å². The molecular formula is C21H19ClO6. The Morgan fingerprint density at radius 3 is 2.64 bits per heavy atom. The van der Waals surface area contributed by atoms with Gasteiger partial charge in [-0.15, -0.1) is 0 Å². The Kier molecular flexibility index (Phi) is 6.55. The molecule has 0 unspecified atom stereocenters. The van der Waals surface area contributed by atoms with Crippen molar-refractivity contribution in [2.45, 2.75) is 6.42 Å². The van der Waals surface area contributed by atoms with Crippen molar-refractivity contribution in [1.82, 2.24) is 0 Å².